The molecule has 0 aliphatic carbocycles. The number of aromatic hydroxyl groups is 2. The van der Waals surface area contributed by atoms with Gasteiger partial charge in [0.1, 0.15) is 0 Å². The first kappa shape index (κ1) is 7.19. The molecule has 0 aliphatic rings. The molecule has 0 amide bonds. The molecule has 1 rings (SSSR count). The van der Waals surface area contributed by atoms with Gasteiger partial charge in [-0.1, -0.05) is 0 Å². The quantitative estimate of drug-likeness (QED) is 0.431. The standard InChI is InChI=1S/C4H3N3O4/c8-2-1-5-4(9)6-3(2)7(10)11/h1,8H,(H,5,6,9). The second kappa shape index (κ2) is 2.37. The zero-order valence-electron chi connectivity index (χ0n) is 5.13. The van der Waals surface area contributed by atoms with Gasteiger partial charge in [-0.05, 0) is 4.92 Å². The predicted molar refractivity (Wildman–Crippen MR) is 32.0 cm³/mol. The molecule has 0 atom stereocenters. The van der Waals surface area contributed by atoms with Gasteiger partial charge in [0.2, 0.25) is 5.75 Å². The summed E-state index contributed by atoms with van der Waals surface area (Å²) in [5, 5.41) is 27.3. The van der Waals surface area contributed by atoms with Crippen LogP contribution in [0.1, 0.15) is 0 Å². The lowest BCUT2D eigenvalue weighted by Gasteiger charge is -1.92. The Morgan fingerprint density at radius 2 is 2.18 bits per heavy atom. The van der Waals surface area contributed by atoms with Crippen LogP contribution in [0.2, 0.25) is 0 Å². The van der Waals surface area contributed by atoms with Crippen LogP contribution < -0.4 is 0 Å². The van der Waals surface area contributed by atoms with Crippen molar-refractivity contribution in [2.24, 2.45) is 0 Å². The van der Waals surface area contributed by atoms with Crippen LogP contribution in [0.3, 0.4) is 0 Å². The van der Waals surface area contributed by atoms with Crippen molar-refractivity contribution >= 4 is 5.82 Å². The Morgan fingerprint density at radius 1 is 1.55 bits per heavy atom. The third-order valence-electron chi connectivity index (χ3n) is 0.910. The topological polar surface area (TPSA) is 109 Å². The van der Waals surface area contributed by atoms with Gasteiger partial charge in [-0.25, -0.2) is 0 Å². The van der Waals surface area contributed by atoms with Gasteiger partial charge in [-0.15, -0.1) is 0 Å². The molecule has 1 heterocycles. The van der Waals surface area contributed by atoms with E-state index in [1.54, 1.807) is 0 Å². The van der Waals surface area contributed by atoms with Crippen molar-refractivity contribution in [2.75, 3.05) is 0 Å². The Hall–Kier alpha value is -1.92. The van der Waals surface area contributed by atoms with Gasteiger partial charge < -0.3 is 20.3 Å². The van der Waals surface area contributed by atoms with Crippen molar-refractivity contribution < 1.29 is 15.1 Å². The molecule has 7 heteroatoms. The highest BCUT2D eigenvalue weighted by Crippen LogP contribution is 2.22. The van der Waals surface area contributed by atoms with Gasteiger partial charge in [-0.2, -0.15) is 4.98 Å². The van der Waals surface area contributed by atoms with Gasteiger partial charge >= 0.3 is 11.8 Å². The summed E-state index contributed by atoms with van der Waals surface area (Å²) >= 11 is 0. The molecule has 0 spiro atoms. The van der Waals surface area contributed by atoms with Crippen molar-refractivity contribution in [1.29, 1.82) is 0 Å². The van der Waals surface area contributed by atoms with Crippen molar-refractivity contribution in [3.63, 3.8) is 0 Å². The van der Waals surface area contributed by atoms with Crippen LogP contribution in [0.25, 0.3) is 0 Å². The highest BCUT2D eigenvalue weighted by molar-refractivity contribution is 5.36. The number of nitro groups is 1. The fraction of sp³-hybridized carbons (Fsp3) is 0. The lowest BCUT2D eigenvalue weighted by atomic mass is 10.5. The molecule has 2 N–H and O–H groups in total. The largest absolute Gasteiger partial charge is 0.500 e. The molecule has 0 unspecified atom stereocenters. The maximum atomic E-state index is 10.0. The molecule has 1 aromatic rings. The molecule has 0 saturated heterocycles. The van der Waals surface area contributed by atoms with Crippen LogP contribution in [0, 0.1) is 10.1 Å². The maximum absolute atomic E-state index is 10.0. The Morgan fingerprint density at radius 3 is 2.64 bits per heavy atom. The number of aromatic nitrogens is 2. The van der Waals surface area contributed by atoms with E-state index in [4.69, 9.17) is 10.2 Å². The molecular formula is C4H3N3O4. The van der Waals surface area contributed by atoms with Gasteiger partial charge in [0.25, 0.3) is 0 Å². The van der Waals surface area contributed by atoms with Crippen molar-refractivity contribution in [3.05, 3.63) is 16.3 Å². The van der Waals surface area contributed by atoms with Gasteiger partial charge in [-0.3, -0.25) is 0 Å². The summed E-state index contributed by atoms with van der Waals surface area (Å²) in [4.78, 5) is 15.2. The summed E-state index contributed by atoms with van der Waals surface area (Å²) in [7, 11) is 0. The Labute approximate surface area is 60.1 Å². The van der Waals surface area contributed by atoms with Crippen molar-refractivity contribution in [3.8, 4) is 11.8 Å². The van der Waals surface area contributed by atoms with Crippen LogP contribution in [0.5, 0.6) is 11.8 Å². The average Bonchev–Trinajstić information content (AvgIpc) is 1.94. The van der Waals surface area contributed by atoms with E-state index in [1.807, 2.05) is 0 Å². The average molecular weight is 157 g/mol. The highest BCUT2D eigenvalue weighted by atomic mass is 16.6. The minimum absolute atomic E-state index is 0.673. The van der Waals surface area contributed by atoms with E-state index in [0.29, 0.717) is 0 Å². The number of hydrogen-bond acceptors (Lipinski definition) is 6. The third-order valence-corrected chi connectivity index (χ3v) is 0.910. The van der Waals surface area contributed by atoms with E-state index < -0.39 is 22.5 Å². The number of nitrogens with zero attached hydrogens (tertiary/aromatic N) is 3. The summed E-state index contributed by atoms with van der Waals surface area (Å²) in [6.45, 7) is 0. The first-order valence-electron chi connectivity index (χ1n) is 2.50. The molecule has 11 heavy (non-hydrogen) atoms. The molecule has 0 fully saturated rings. The lowest BCUT2D eigenvalue weighted by molar-refractivity contribution is -0.390. The molecule has 58 valence electrons. The maximum Gasteiger partial charge on any atom is 0.431 e. The summed E-state index contributed by atoms with van der Waals surface area (Å²) in [5.41, 5.74) is 0. The number of hydrogen-bond donors (Lipinski definition) is 2. The summed E-state index contributed by atoms with van der Waals surface area (Å²) in [6.07, 6.45) is 0.750. The molecule has 1 aromatic heterocycles. The van der Waals surface area contributed by atoms with E-state index >= 15 is 0 Å². The fourth-order valence-electron chi connectivity index (χ4n) is 0.492. The van der Waals surface area contributed by atoms with E-state index in [9.17, 15) is 10.1 Å². The van der Waals surface area contributed by atoms with Crippen LogP contribution in [-0.2, 0) is 0 Å². The van der Waals surface area contributed by atoms with Crippen molar-refractivity contribution in [2.45, 2.75) is 0 Å². The first-order chi connectivity index (χ1) is 5.11. The highest BCUT2D eigenvalue weighted by Gasteiger charge is 2.16. The fourth-order valence-corrected chi connectivity index (χ4v) is 0.492. The zero-order valence-corrected chi connectivity index (χ0v) is 5.13. The van der Waals surface area contributed by atoms with Crippen LogP contribution in [0.4, 0.5) is 5.82 Å². The molecule has 0 bridgehead atoms. The molecule has 0 aromatic carbocycles. The second-order valence-corrected chi connectivity index (χ2v) is 1.64. The Kier molecular flexibility index (Phi) is 1.55. The monoisotopic (exact) mass is 157 g/mol. The van der Waals surface area contributed by atoms with E-state index in [1.165, 1.54) is 0 Å². The lowest BCUT2D eigenvalue weighted by Crippen LogP contribution is -1.93. The minimum Gasteiger partial charge on any atom is -0.500 e. The van der Waals surface area contributed by atoms with Crippen LogP contribution in [-0.4, -0.2) is 25.1 Å². The first-order valence-corrected chi connectivity index (χ1v) is 2.50. The molecular weight excluding hydrogens is 154 g/mol. The molecule has 0 saturated carbocycles. The van der Waals surface area contributed by atoms with Crippen LogP contribution >= 0.6 is 0 Å². The van der Waals surface area contributed by atoms with E-state index in [2.05, 4.69) is 9.97 Å². The Bertz CT molecular complexity index is 299. The number of rotatable bonds is 1. The van der Waals surface area contributed by atoms with Crippen molar-refractivity contribution in [1.82, 2.24) is 9.97 Å². The Balaban J connectivity index is 3.23. The van der Waals surface area contributed by atoms with Gasteiger partial charge in [0.15, 0.2) is 0 Å². The molecule has 7 nitrogen and oxygen atoms in total. The summed E-state index contributed by atoms with van der Waals surface area (Å²) in [6, 6.07) is -0.741. The summed E-state index contributed by atoms with van der Waals surface area (Å²) in [5.74, 6) is -1.48. The SMILES string of the molecule is O=[N+]([O-])c1nc(O)ncc1O. The van der Waals surface area contributed by atoms with Gasteiger partial charge in [0, 0.05) is 4.98 Å². The minimum atomic E-state index is -0.920. The van der Waals surface area contributed by atoms with Crippen LogP contribution in [0.15, 0.2) is 6.20 Å². The molecule has 0 radical (unpaired) electrons. The second-order valence-electron chi connectivity index (χ2n) is 1.64. The van der Waals surface area contributed by atoms with E-state index in [0.717, 1.165) is 6.20 Å². The third kappa shape index (κ3) is 1.31. The smallest absolute Gasteiger partial charge is 0.431 e. The predicted octanol–water partition coefficient (Wildman–Crippen LogP) is -0.204. The zero-order chi connectivity index (χ0) is 8.43. The summed E-state index contributed by atoms with van der Waals surface area (Å²) < 4.78 is 0. The van der Waals surface area contributed by atoms with E-state index in [-0.39, 0.29) is 0 Å². The molecule has 0 aliphatic heterocycles. The normalized spacial score (nSPS) is 9.45. The van der Waals surface area contributed by atoms with Gasteiger partial charge in [0.05, 0.1) is 6.20 Å².